The molecule has 1 aliphatic rings. The Labute approximate surface area is 280 Å². The number of rotatable bonds is 4. The van der Waals surface area contributed by atoms with E-state index >= 15 is 0 Å². The third-order valence-corrected chi connectivity index (χ3v) is 8.96. The van der Waals surface area contributed by atoms with Crippen LogP contribution in [0.3, 0.4) is 0 Å². The van der Waals surface area contributed by atoms with Gasteiger partial charge in [0.2, 0.25) is 11.9 Å². The van der Waals surface area contributed by atoms with Crippen LogP contribution in [0.15, 0.2) is 122 Å². The molecule has 4 aromatic heterocycles. The summed E-state index contributed by atoms with van der Waals surface area (Å²) in [6.45, 7) is 4.00. The van der Waals surface area contributed by atoms with Gasteiger partial charge in [0.25, 0.3) is 0 Å². The summed E-state index contributed by atoms with van der Waals surface area (Å²) >= 11 is 0. The summed E-state index contributed by atoms with van der Waals surface area (Å²) in [4.78, 5) is 19.6. The van der Waals surface area contributed by atoms with Crippen molar-refractivity contribution in [2.45, 2.75) is 39.5 Å². The summed E-state index contributed by atoms with van der Waals surface area (Å²) in [5.41, 5.74) is 10.3. The summed E-state index contributed by atoms with van der Waals surface area (Å²) < 4.78 is 4.48. The van der Waals surface area contributed by atoms with Crippen molar-refractivity contribution in [3.05, 3.63) is 133 Å². The molecule has 0 unspecified atom stereocenters. The van der Waals surface area contributed by atoms with E-state index in [1.807, 2.05) is 75.0 Å². The van der Waals surface area contributed by atoms with E-state index in [0.29, 0.717) is 11.9 Å². The Hall–Kier alpha value is -5.33. The molecule has 6 nitrogen and oxygen atoms in total. The van der Waals surface area contributed by atoms with E-state index in [2.05, 4.69) is 69.8 Å². The van der Waals surface area contributed by atoms with Gasteiger partial charge in [-0.15, -0.1) is 12.4 Å². The minimum Gasteiger partial charge on any atom is -0.282 e. The molecule has 0 bridgehead atoms. The van der Waals surface area contributed by atoms with Gasteiger partial charge in [-0.05, 0) is 60.6 Å². The Balaban J connectivity index is 0.00000115. The average molecular weight is 635 g/mol. The monoisotopic (exact) mass is 634 g/mol. The molecule has 0 amide bonds. The van der Waals surface area contributed by atoms with E-state index in [4.69, 9.17) is 19.9 Å². The summed E-state index contributed by atoms with van der Waals surface area (Å²) in [6.07, 6.45) is 12.2. The van der Waals surface area contributed by atoms with Crippen molar-refractivity contribution in [3.63, 3.8) is 0 Å². The largest absolute Gasteiger partial charge is 0.282 e. The summed E-state index contributed by atoms with van der Waals surface area (Å²) in [5, 5.41) is 3.68. The summed E-state index contributed by atoms with van der Waals surface area (Å²) in [5.74, 6) is 1.37. The Morgan fingerprint density at radius 1 is 0.468 bits per heavy atom. The molecule has 0 radical (unpaired) electrons. The lowest BCUT2D eigenvalue weighted by Gasteiger charge is -2.15. The van der Waals surface area contributed by atoms with Gasteiger partial charge in [-0.25, -0.2) is 19.9 Å². The van der Waals surface area contributed by atoms with Gasteiger partial charge >= 0.3 is 0 Å². The first kappa shape index (κ1) is 30.3. The van der Waals surface area contributed by atoms with Gasteiger partial charge in [-0.2, -0.15) is 0 Å². The standard InChI is InChI=1S/C38H28N6.C2H6.ClH/c1-3-11-25(12-4-1)27-21-39-37(40-22-27)43-33-17-9-7-15-29(33)31-19-32-30-16-8-10-18-34(30)44(36(32)20-35(31)43)38-41-23-28(24-42-38)26-13-5-2-6-14-26;1-2;/h1-7,9,11-15,17,19-24H,8,10,16,18H2;1-2H3;1H. The number of hydrogen-bond donors (Lipinski definition) is 0. The first-order valence-electron chi connectivity index (χ1n) is 16.2. The number of fused-ring (bicyclic) bond motifs is 6. The first-order valence-corrected chi connectivity index (χ1v) is 16.2. The molecule has 0 saturated carbocycles. The third-order valence-electron chi connectivity index (χ3n) is 8.96. The van der Waals surface area contributed by atoms with E-state index in [0.717, 1.165) is 51.6 Å². The van der Waals surface area contributed by atoms with Crippen molar-refractivity contribution in [2.75, 3.05) is 0 Å². The highest BCUT2D eigenvalue weighted by Gasteiger charge is 2.25. The topological polar surface area (TPSA) is 61.4 Å². The van der Waals surface area contributed by atoms with Gasteiger partial charge < -0.3 is 0 Å². The van der Waals surface area contributed by atoms with Crippen molar-refractivity contribution >= 4 is 45.1 Å². The van der Waals surface area contributed by atoms with Crippen molar-refractivity contribution < 1.29 is 0 Å². The molecule has 0 fully saturated rings. The molecule has 8 aromatic rings. The first-order chi connectivity index (χ1) is 22.8. The number of aryl methyl sites for hydroxylation is 1. The van der Waals surface area contributed by atoms with E-state index in [1.165, 1.54) is 40.3 Å². The number of hydrogen-bond acceptors (Lipinski definition) is 4. The number of halogens is 1. The van der Waals surface area contributed by atoms with Crippen LogP contribution in [-0.2, 0) is 12.8 Å². The molecule has 0 atom stereocenters. The molecule has 4 heterocycles. The Morgan fingerprint density at radius 2 is 0.979 bits per heavy atom. The molecular weight excluding hydrogens is 600 g/mol. The Kier molecular flexibility index (Phi) is 8.27. The molecule has 0 N–H and O–H groups in total. The predicted octanol–water partition coefficient (Wildman–Crippen LogP) is 9.97. The van der Waals surface area contributed by atoms with Crippen LogP contribution in [0.25, 0.3) is 66.9 Å². The maximum absolute atomic E-state index is 4.92. The number of aromatic nitrogens is 6. The predicted molar refractivity (Wildman–Crippen MR) is 195 cm³/mol. The molecule has 1 aliphatic carbocycles. The molecular formula is C40H35ClN6. The summed E-state index contributed by atoms with van der Waals surface area (Å²) in [7, 11) is 0. The summed E-state index contributed by atoms with van der Waals surface area (Å²) in [6, 6.07) is 33.8. The smallest absolute Gasteiger partial charge is 0.234 e. The lowest BCUT2D eigenvalue weighted by atomic mass is 9.95. The number of benzene rings is 4. The van der Waals surface area contributed by atoms with Crippen LogP contribution in [0.5, 0.6) is 0 Å². The zero-order chi connectivity index (χ0) is 31.0. The quantitative estimate of drug-likeness (QED) is 0.193. The molecule has 4 aromatic carbocycles. The van der Waals surface area contributed by atoms with Crippen molar-refractivity contribution in [1.29, 1.82) is 0 Å². The highest BCUT2D eigenvalue weighted by molar-refractivity contribution is 6.13. The molecule has 0 saturated heterocycles. The molecule has 0 aliphatic heterocycles. The van der Waals surface area contributed by atoms with Crippen LogP contribution in [0, 0.1) is 0 Å². The SMILES string of the molecule is CC.Cl.c1ccc(-c2cnc(-n3c4c(c5cc6c7ccccc7n(-c7ncc(-c8ccccc8)cn7)c6cc53)CCCC4)nc2)cc1. The Morgan fingerprint density at radius 3 is 1.60 bits per heavy atom. The maximum atomic E-state index is 4.92. The molecule has 9 rings (SSSR count). The van der Waals surface area contributed by atoms with Crippen LogP contribution < -0.4 is 0 Å². The second-order valence-electron chi connectivity index (χ2n) is 11.5. The normalized spacial score (nSPS) is 12.4. The second kappa shape index (κ2) is 12.8. The highest BCUT2D eigenvalue weighted by atomic mass is 35.5. The number of nitrogens with zero attached hydrogens (tertiary/aromatic N) is 6. The van der Waals surface area contributed by atoms with Gasteiger partial charge in [0.15, 0.2) is 0 Å². The minimum atomic E-state index is 0. The highest BCUT2D eigenvalue weighted by Crippen LogP contribution is 2.40. The van der Waals surface area contributed by atoms with Crippen LogP contribution >= 0.6 is 12.4 Å². The lowest BCUT2D eigenvalue weighted by molar-refractivity contribution is 0.662. The molecule has 232 valence electrons. The van der Waals surface area contributed by atoms with Gasteiger partial charge in [0.05, 0.1) is 16.6 Å². The second-order valence-corrected chi connectivity index (χ2v) is 11.5. The van der Waals surface area contributed by atoms with E-state index < -0.39 is 0 Å². The van der Waals surface area contributed by atoms with Crippen LogP contribution in [0.4, 0.5) is 0 Å². The van der Waals surface area contributed by atoms with Crippen LogP contribution in [0.2, 0.25) is 0 Å². The van der Waals surface area contributed by atoms with Gasteiger partial charge in [0.1, 0.15) is 0 Å². The fourth-order valence-corrected chi connectivity index (χ4v) is 6.88. The van der Waals surface area contributed by atoms with Crippen LogP contribution in [-0.4, -0.2) is 29.1 Å². The molecule has 0 spiro atoms. The van der Waals surface area contributed by atoms with Gasteiger partial charge in [-0.1, -0.05) is 92.7 Å². The zero-order valence-electron chi connectivity index (χ0n) is 26.5. The van der Waals surface area contributed by atoms with Gasteiger partial charge in [-0.3, -0.25) is 9.13 Å². The van der Waals surface area contributed by atoms with Gasteiger partial charge in [0, 0.05) is 57.8 Å². The van der Waals surface area contributed by atoms with Crippen molar-refractivity contribution in [3.8, 4) is 34.2 Å². The lowest BCUT2D eigenvalue weighted by Crippen LogP contribution is -2.09. The minimum absolute atomic E-state index is 0. The fraction of sp³-hybridized carbons (Fsp3) is 0.150. The Bertz CT molecular complexity index is 2310. The number of para-hydroxylation sites is 1. The van der Waals surface area contributed by atoms with E-state index in [9.17, 15) is 0 Å². The maximum Gasteiger partial charge on any atom is 0.234 e. The fourth-order valence-electron chi connectivity index (χ4n) is 6.88. The average Bonchev–Trinajstić information content (AvgIpc) is 3.64. The van der Waals surface area contributed by atoms with E-state index in [-0.39, 0.29) is 12.4 Å². The molecule has 7 heteroatoms. The third kappa shape index (κ3) is 5.15. The zero-order valence-corrected chi connectivity index (χ0v) is 27.3. The van der Waals surface area contributed by atoms with Crippen molar-refractivity contribution in [1.82, 2.24) is 29.1 Å². The van der Waals surface area contributed by atoms with E-state index in [1.54, 1.807) is 0 Å². The molecule has 47 heavy (non-hydrogen) atoms. The van der Waals surface area contributed by atoms with Crippen LogP contribution in [0.1, 0.15) is 37.9 Å². The van der Waals surface area contributed by atoms with Crippen molar-refractivity contribution in [2.24, 2.45) is 0 Å².